The Bertz CT molecular complexity index is 558. The molecule has 2 aromatic heterocycles. The fourth-order valence-electron chi connectivity index (χ4n) is 1.21. The van der Waals surface area contributed by atoms with Gasteiger partial charge in [-0.15, -0.1) is 0 Å². The Balaban J connectivity index is 2.57. The standard InChI is InChI=1S/C9H8N2O3S/c1-2-14-9(13)6-3-10-8-5(7(6)12)4-11-15-8/h3-4H,2H2,1H3,(H,10,12). The van der Waals surface area contributed by atoms with Crippen LogP contribution in [0, 0.1) is 0 Å². The van der Waals surface area contributed by atoms with Gasteiger partial charge < -0.3 is 9.72 Å². The Morgan fingerprint density at radius 1 is 1.67 bits per heavy atom. The van der Waals surface area contributed by atoms with Gasteiger partial charge in [-0.05, 0) is 18.5 Å². The summed E-state index contributed by atoms with van der Waals surface area (Å²) >= 11 is 1.18. The van der Waals surface area contributed by atoms with Gasteiger partial charge in [0.1, 0.15) is 10.4 Å². The quantitative estimate of drug-likeness (QED) is 0.777. The van der Waals surface area contributed by atoms with Gasteiger partial charge in [-0.1, -0.05) is 0 Å². The number of hydrogen-bond acceptors (Lipinski definition) is 5. The smallest absolute Gasteiger partial charge is 0.343 e. The number of H-pyrrole nitrogens is 1. The van der Waals surface area contributed by atoms with E-state index in [1.807, 2.05) is 0 Å². The van der Waals surface area contributed by atoms with E-state index in [0.29, 0.717) is 10.2 Å². The molecule has 0 atom stereocenters. The first-order valence-corrected chi connectivity index (χ1v) is 5.14. The van der Waals surface area contributed by atoms with Gasteiger partial charge in [0.15, 0.2) is 0 Å². The molecule has 0 aliphatic heterocycles. The number of esters is 1. The second-order valence-electron chi connectivity index (χ2n) is 2.82. The van der Waals surface area contributed by atoms with Gasteiger partial charge in [0.2, 0.25) is 5.43 Å². The maximum atomic E-state index is 11.8. The molecule has 6 heteroatoms. The number of rotatable bonds is 2. The van der Waals surface area contributed by atoms with Crippen LogP contribution < -0.4 is 5.43 Å². The number of carbonyl (C=O) groups excluding carboxylic acids is 1. The van der Waals surface area contributed by atoms with E-state index < -0.39 is 5.97 Å². The number of nitrogens with zero attached hydrogens (tertiary/aromatic N) is 1. The van der Waals surface area contributed by atoms with E-state index in [4.69, 9.17) is 4.74 Å². The largest absolute Gasteiger partial charge is 0.462 e. The first kappa shape index (κ1) is 9.85. The third-order valence-corrected chi connectivity index (χ3v) is 2.63. The molecule has 0 spiro atoms. The number of aromatic nitrogens is 2. The lowest BCUT2D eigenvalue weighted by Gasteiger charge is -2.00. The summed E-state index contributed by atoms with van der Waals surface area (Å²) in [5.74, 6) is -0.605. The molecular weight excluding hydrogens is 216 g/mol. The number of pyridine rings is 1. The molecule has 0 bridgehead atoms. The van der Waals surface area contributed by atoms with Crippen LogP contribution >= 0.6 is 11.5 Å². The highest BCUT2D eigenvalue weighted by Crippen LogP contribution is 2.11. The second kappa shape index (κ2) is 3.82. The van der Waals surface area contributed by atoms with Crippen LogP contribution in [0.15, 0.2) is 17.2 Å². The molecule has 0 aliphatic rings. The van der Waals surface area contributed by atoms with E-state index in [1.54, 1.807) is 6.92 Å². The Kier molecular flexibility index (Phi) is 2.51. The van der Waals surface area contributed by atoms with E-state index in [1.165, 1.54) is 23.9 Å². The summed E-state index contributed by atoms with van der Waals surface area (Å²) in [6.07, 6.45) is 2.81. The molecule has 2 rings (SSSR count). The number of ether oxygens (including phenoxy) is 1. The summed E-state index contributed by atoms with van der Waals surface area (Å²) in [4.78, 5) is 26.6. The molecular formula is C9H8N2O3S. The highest BCUT2D eigenvalue weighted by molar-refractivity contribution is 7.12. The van der Waals surface area contributed by atoms with Crippen molar-refractivity contribution in [1.82, 2.24) is 9.36 Å². The van der Waals surface area contributed by atoms with Crippen molar-refractivity contribution in [2.45, 2.75) is 6.92 Å². The highest BCUT2D eigenvalue weighted by atomic mass is 32.1. The van der Waals surface area contributed by atoms with Gasteiger partial charge in [0, 0.05) is 6.20 Å². The lowest BCUT2D eigenvalue weighted by atomic mass is 10.2. The second-order valence-corrected chi connectivity index (χ2v) is 3.62. The van der Waals surface area contributed by atoms with Crippen LogP contribution in [0.4, 0.5) is 0 Å². The molecule has 1 N–H and O–H groups in total. The number of hydrogen-bond donors (Lipinski definition) is 1. The van der Waals surface area contributed by atoms with Crippen LogP contribution in [-0.4, -0.2) is 21.9 Å². The molecule has 2 aromatic rings. The summed E-state index contributed by atoms with van der Waals surface area (Å²) in [5.41, 5.74) is -0.319. The molecule has 0 saturated heterocycles. The lowest BCUT2D eigenvalue weighted by Crippen LogP contribution is -2.17. The molecule has 2 heterocycles. The number of nitrogens with one attached hydrogen (secondary N) is 1. The fraction of sp³-hybridized carbons (Fsp3) is 0.222. The maximum Gasteiger partial charge on any atom is 0.343 e. The molecule has 0 unspecified atom stereocenters. The summed E-state index contributed by atoms with van der Waals surface area (Å²) < 4.78 is 8.63. The van der Waals surface area contributed by atoms with Gasteiger partial charge in [-0.25, -0.2) is 4.79 Å². The van der Waals surface area contributed by atoms with Crippen LogP contribution in [0.5, 0.6) is 0 Å². The molecule has 5 nitrogen and oxygen atoms in total. The van der Waals surface area contributed by atoms with E-state index in [0.717, 1.165) is 0 Å². The molecule has 78 valence electrons. The Morgan fingerprint density at radius 2 is 2.47 bits per heavy atom. The first-order valence-electron chi connectivity index (χ1n) is 4.37. The van der Waals surface area contributed by atoms with Crippen LogP contribution in [0.1, 0.15) is 17.3 Å². The van der Waals surface area contributed by atoms with Crippen molar-refractivity contribution in [2.75, 3.05) is 6.61 Å². The van der Waals surface area contributed by atoms with E-state index in [2.05, 4.69) is 9.36 Å². The van der Waals surface area contributed by atoms with Crippen LogP contribution in [0.2, 0.25) is 0 Å². The van der Waals surface area contributed by atoms with Crippen molar-refractivity contribution < 1.29 is 9.53 Å². The Hall–Kier alpha value is -1.69. The van der Waals surface area contributed by atoms with Crippen molar-refractivity contribution in [1.29, 1.82) is 0 Å². The van der Waals surface area contributed by atoms with Gasteiger partial charge in [-0.3, -0.25) is 4.79 Å². The fourth-order valence-corrected chi connectivity index (χ4v) is 1.83. The number of fused-ring (bicyclic) bond motifs is 1. The first-order chi connectivity index (χ1) is 7.24. The molecule has 0 amide bonds. The van der Waals surface area contributed by atoms with Crippen molar-refractivity contribution in [3.63, 3.8) is 0 Å². The molecule has 15 heavy (non-hydrogen) atoms. The van der Waals surface area contributed by atoms with Gasteiger partial charge >= 0.3 is 5.97 Å². The van der Waals surface area contributed by atoms with Crippen molar-refractivity contribution in [3.05, 3.63) is 28.2 Å². The molecule has 0 aliphatic carbocycles. The number of carbonyl (C=O) groups is 1. The van der Waals surface area contributed by atoms with E-state index in [9.17, 15) is 9.59 Å². The SMILES string of the molecule is CCOC(=O)c1c[nH]c2sncc2c1=O. The Labute approximate surface area is 88.9 Å². The molecule has 0 saturated carbocycles. The summed E-state index contributed by atoms with van der Waals surface area (Å²) in [5, 5.41) is 0.422. The summed E-state index contributed by atoms with van der Waals surface area (Å²) in [7, 11) is 0. The van der Waals surface area contributed by atoms with Crippen LogP contribution in [0.25, 0.3) is 10.2 Å². The van der Waals surface area contributed by atoms with Gasteiger partial charge in [0.25, 0.3) is 0 Å². The molecule has 0 radical (unpaired) electrons. The normalized spacial score (nSPS) is 10.5. The van der Waals surface area contributed by atoms with Crippen molar-refractivity contribution in [3.8, 4) is 0 Å². The van der Waals surface area contributed by atoms with Crippen LogP contribution in [0.3, 0.4) is 0 Å². The minimum absolute atomic E-state index is 0.0181. The number of aromatic amines is 1. The van der Waals surface area contributed by atoms with E-state index in [-0.39, 0.29) is 17.6 Å². The van der Waals surface area contributed by atoms with Crippen molar-refractivity contribution in [2.24, 2.45) is 0 Å². The zero-order valence-electron chi connectivity index (χ0n) is 7.94. The average Bonchev–Trinajstić information content (AvgIpc) is 2.67. The zero-order chi connectivity index (χ0) is 10.8. The van der Waals surface area contributed by atoms with Crippen molar-refractivity contribution >= 4 is 27.7 Å². The molecule has 0 aromatic carbocycles. The maximum absolute atomic E-state index is 11.8. The van der Waals surface area contributed by atoms with Gasteiger partial charge in [-0.2, -0.15) is 4.37 Å². The third kappa shape index (κ3) is 1.63. The monoisotopic (exact) mass is 224 g/mol. The minimum atomic E-state index is -0.605. The summed E-state index contributed by atoms with van der Waals surface area (Å²) in [6, 6.07) is 0. The Morgan fingerprint density at radius 3 is 3.20 bits per heavy atom. The lowest BCUT2D eigenvalue weighted by molar-refractivity contribution is 0.0524. The van der Waals surface area contributed by atoms with E-state index >= 15 is 0 Å². The van der Waals surface area contributed by atoms with Crippen LogP contribution in [-0.2, 0) is 4.74 Å². The predicted octanol–water partition coefficient (Wildman–Crippen LogP) is 1.16. The topological polar surface area (TPSA) is 72.1 Å². The summed E-state index contributed by atoms with van der Waals surface area (Å²) in [6.45, 7) is 1.94. The predicted molar refractivity (Wildman–Crippen MR) is 56.2 cm³/mol. The highest BCUT2D eigenvalue weighted by Gasteiger charge is 2.14. The average molecular weight is 224 g/mol. The third-order valence-electron chi connectivity index (χ3n) is 1.90. The minimum Gasteiger partial charge on any atom is -0.462 e. The van der Waals surface area contributed by atoms with Gasteiger partial charge in [0.05, 0.1) is 18.2 Å². The molecule has 0 fully saturated rings. The zero-order valence-corrected chi connectivity index (χ0v) is 8.76.